The molecule has 0 atom stereocenters. The van der Waals surface area contributed by atoms with Crippen LogP contribution in [-0.4, -0.2) is 54.8 Å². The number of carbonyl (C=O) groups is 2. The highest BCUT2D eigenvalue weighted by molar-refractivity contribution is 6.39. The first-order valence-corrected chi connectivity index (χ1v) is 7.22. The summed E-state index contributed by atoms with van der Waals surface area (Å²) < 4.78 is 38.9. The van der Waals surface area contributed by atoms with Crippen LogP contribution in [0.15, 0.2) is 18.2 Å². The lowest BCUT2D eigenvalue weighted by atomic mass is 10.1. The zero-order chi connectivity index (χ0) is 17.2. The van der Waals surface area contributed by atoms with Crippen molar-refractivity contribution in [3.63, 3.8) is 0 Å². The van der Waals surface area contributed by atoms with Crippen molar-refractivity contribution in [3.05, 3.63) is 28.8 Å². The van der Waals surface area contributed by atoms with E-state index in [9.17, 15) is 22.8 Å². The molecule has 2 amide bonds. The summed E-state index contributed by atoms with van der Waals surface area (Å²) in [6.07, 6.45) is -4.69. The van der Waals surface area contributed by atoms with Gasteiger partial charge in [-0.1, -0.05) is 11.6 Å². The van der Waals surface area contributed by atoms with Gasteiger partial charge in [0.2, 0.25) is 0 Å². The van der Waals surface area contributed by atoms with E-state index in [4.69, 9.17) is 11.6 Å². The SMILES string of the molecule is CN1CCN(C(=O)C(=O)Nc2ccc(Cl)cc2C(F)(F)F)CC1. The molecule has 1 aromatic carbocycles. The highest BCUT2D eigenvalue weighted by Gasteiger charge is 2.35. The smallest absolute Gasteiger partial charge is 0.332 e. The summed E-state index contributed by atoms with van der Waals surface area (Å²) in [5.74, 6) is -1.94. The minimum Gasteiger partial charge on any atom is -0.332 e. The van der Waals surface area contributed by atoms with E-state index >= 15 is 0 Å². The Bertz CT molecular complexity index is 614. The summed E-state index contributed by atoms with van der Waals surface area (Å²) in [5, 5.41) is 1.92. The van der Waals surface area contributed by atoms with Crippen LogP contribution in [0.1, 0.15) is 5.56 Å². The van der Waals surface area contributed by atoms with Crippen LogP contribution in [0.2, 0.25) is 5.02 Å². The molecule has 1 N–H and O–H groups in total. The van der Waals surface area contributed by atoms with Crippen LogP contribution in [0.25, 0.3) is 0 Å². The van der Waals surface area contributed by atoms with Crippen molar-refractivity contribution in [2.45, 2.75) is 6.18 Å². The second kappa shape index (κ2) is 6.76. The number of rotatable bonds is 1. The molecule has 0 aromatic heterocycles. The fraction of sp³-hybridized carbons (Fsp3) is 0.429. The minimum absolute atomic E-state index is 0.110. The number of alkyl halides is 3. The second-order valence-corrected chi connectivity index (χ2v) is 5.67. The van der Waals surface area contributed by atoms with Gasteiger partial charge >= 0.3 is 18.0 Å². The third kappa shape index (κ3) is 4.35. The monoisotopic (exact) mass is 349 g/mol. The second-order valence-electron chi connectivity index (χ2n) is 5.24. The molecule has 1 saturated heterocycles. The Morgan fingerprint density at radius 2 is 1.78 bits per heavy atom. The van der Waals surface area contributed by atoms with Crippen molar-refractivity contribution in [1.82, 2.24) is 9.80 Å². The first kappa shape index (κ1) is 17.6. The molecule has 23 heavy (non-hydrogen) atoms. The molecular weight excluding hydrogens is 335 g/mol. The molecule has 1 aromatic rings. The molecule has 0 bridgehead atoms. The number of hydrogen-bond donors (Lipinski definition) is 1. The fourth-order valence-corrected chi connectivity index (χ4v) is 2.36. The standard InChI is InChI=1S/C14H15ClF3N3O2/c1-20-4-6-21(7-5-20)13(23)12(22)19-11-3-2-9(15)8-10(11)14(16,17)18/h2-3,8H,4-7H2,1H3,(H,19,22). The number of halogens is 4. The number of likely N-dealkylation sites (N-methyl/N-ethyl adjacent to an activating group) is 1. The topological polar surface area (TPSA) is 52.7 Å². The first-order valence-electron chi connectivity index (χ1n) is 6.84. The Kier molecular flexibility index (Phi) is 5.16. The van der Waals surface area contributed by atoms with Crippen molar-refractivity contribution in [2.75, 3.05) is 38.5 Å². The number of anilines is 1. The van der Waals surface area contributed by atoms with E-state index in [1.54, 1.807) is 0 Å². The number of piperazine rings is 1. The van der Waals surface area contributed by atoms with E-state index < -0.39 is 29.2 Å². The normalized spacial score (nSPS) is 16.3. The maximum absolute atomic E-state index is 13.0. The van der Waals surface area contributed by atoms with E-state index in [1.807, 2.05) is 17.3 Å². The van der Waals surface area contributed by atoms with Crippen LogP contribution >= 0.6 is 11.6 Å². The zero-order valence-corrected chi connectivity index (χ0v) is 13.0. The summed E-state index contributed by atoms with van der Waals surface area (Å²) in [5.41, 5.74) is -1.58. The molecule has 1 fully saturated rings. The summed E-state index contributed by atoms with van der Waals surface area (Å²) >= 11 is 5.56. The lowest BCUT2D eigenvalue weighted by Crippen LogP contribution is -2.50. The molecule has 9 heteroatoms. The van der Waals surface area contributed by atoms with E-state index in [1.165, 1.54) is 11.0 Å². The highest BCUT2D eigenvalue weighted by atomic mass is 35.5. The van der Waals surface area contributed by atoms with Crippen molar-refractivity contribution in [1.29, 1.82) is 0 Å². The molecule has 1 aliphatic heterocycles. The molecule has 0 unspecified atom stereocenters. The molecule has 5 nitrogen and oxygen atoms in total. The van der Waals surface area contributed by atoms with Crippen molar-refractivity contribution < 1.29 is 22.8 Å². The van der Waals surface area contributed by atoms with Gasteiger partial charge < -0.3 is 15.1 Å². The van der Waals surface area contributed by atoms with Gasteiger partial charge in [0.15, 0.2) is 0 Å². The average Bonchev–Trinajstić information content (AvgIpc) is 2.48. The Morgan fingerprint density at radius 3 is 2.35 bits per heavy atom. The predicted molar refractivity (Wildman–Crippen MR) is 79.2 cm³/mol. The summed E-state index contributed by atoms with van der Waals surface area (Å²) in [6.45, 7) is 1.92. The van der Waals surface area contributed by atoms with Crippen molar-refractivity contribution in [3.8, 4) is 0 Å². The highest BCUT2D eigenvalue weighted by Crippen LogP contribution is 2.36. The van der Waals surface area contributed by atoms with Crippen LogP contribution in [0, 0.1) is 0 Å². The molecule has 1 aliphatic rings. The van der Waals surface area contributed by atoms with Gasteiger partial charge in [-0.3, -0.25) is 9.59 Å². The van der Waals surface area contributed by atoms with Crippen molar-refractivity contribution >= 4 is 29.1 Å². The van der Waals surface area contributed by atoms with Gasteiger partial charge in [-0.15, -0.1) is 0 Å². The van der Waals surface area contributed by atoms with Gasteiger partial charge in [0.05, 0.1) is 11.3 Å². The molecule has 2 rings (SSSR count). The third-order valence-electron chi connectivity index (χ3n) is 3.52. The van der Waals surface area contributed by atoms with E-state index in [-0.39, 0.29) is 5.02 Å². The Balaban J connectivity index is 2.13. The summed E-state index contributed by atoms with van der Waals surface area (Å²) in [4.78, 5) is 27.3. The largest absolute Gasteiger partial charge is 0.418 e. The molecule has 1 heterocycles. The predicted octanol–water partition coefficient (Wildman–Crippen LogP) is 2.07. The number of nitrogens with one attached hydrogen (secondary N) is 1. The Morgan fingerprint density at radius 1 is 1.17 bits per heavy atom. The molecule has 0 aliphatic carbocycles. The van der Waals surface area contributed by atoms with Crippen LogP contribution in [0.4, 0.5) is 18.9 Å². The van der Waals surface area contributed by atoms with Crippen LogP contribution in [0.5, 0.6) is 0 Å². The van der Waals surface area contributed by atoms with Gasteiger partial charge in [-0.2, -0.15) is 13.2 Å². The summed E-state index contributed by atoms with van der Waals surface area (Å²) in [7, 11) is 1.88. The van der Waals surface area contributed by atoms with Crippen LogP contribution in [-0.2, 0) is 15.8 Å². The Labute approximate surface area is 136 Å². The van der Waals surface area contributed by atoms with Crippen LogP contribution < -0.4 is 5.32 Å². The minimum atomic E-state index is -4.69. The lowest BCUT2D eigenvalue weighted by molar-refractivity contribution is -0.144. The number of amides is 2. The molecular formula is C14H15ClF3N3O2. The Hall–Kier alpha value is -1.80. The number of benzene rings is 1. The van der Waals surface area contributed by atoms with Gasteiger partial charge in [0.25, 0.3) is 0 Å². The zero-order valence-electron chi connectivity index (χ0n) is 12.3. The van der Waals surface area contributed by atoms with Crippen molar-refractivity contribution in [2.24, 2.45) is 0 Å². The lowest BCUT2D eigenvalue weighted by Gasteiger charge is -2.31. The molecule has 0 radical (unpaired) electrons. The van der Waals surface area contributed by atoms with E-state index in [0.29, 0.717) is 32.2 Å². The quantitative estimate of drug-likeness (QED) is 0.790. The molecule has 126 valence electrons. The summed E-state index contributed by atoms with van der Waals surface area (Å²) in [6, 6.07) is 2.95. The maximum atomic E-state index is 13.0. The molecule has 0 spiro atoms. The van der Waals surface area contributed by atoms with Gasteiger partial charge in [0.1, 0.15) is 0 Å². The van der Waals surface area contributed by atoms with Crippen LogP contribution in [0.3, 0.4) is 0 Å². The van der Waals surface area contributed by atoms with Gasteiger partial charge in [0, 0.05) is 31.2 Å². The number of carbonyl (C=O) groups excluding carboxylic acids is 2. The average molecular weight is 350 g/mol. The number of nitrogens with zero attached hydrogens (tertiary/aromatic N) is 2. The van der Waals surface area contributed by atoms with Gasteiger partial charge in [-0.05, 0) is 25.2 Å². The van der Waals surface area contributed by atoms with Gasteiger partial charge in [-0.25, -0.2) is 0 Å². The van der Waals surface area contributed by atoms with E-state index in [2.05, 4.69) is 0 Å². The third-order valence-corrected chi connectivity index (χ3v) is 3.76. The first-order chi connectivity index (χ1) is 10.7. The van der Waals surface area contributed by atoms with E-state index in [0.717, 1.165) is 6.07 Å². The fourth-order valence-electron chi connectivity index (χ4n) is 2.19. The maximum Gasteiger partial charge on any atom is 0.418 e. The molecule has 0 saturated carbocycles. The number of hydrogen-bond acceptors (Lipinski definition) is 3.